The molecule has 0 spiro atoms. The summed E-state index contributed by atoms with van der Waals surface area (Å²) in [6, 6.07) is 4.36. The van der Waals surface area contributed by atoms with E-state index in [1.165, 1.54) is 6.20 Å². The van der Waals surface area contributed by atoms with Crippen LogP contribution in [0.4, 0.5) is 10.6 Å². The number of amides is 3. The quantitative estimate of drug-likeness (QED) is 0.668. The summed E-state index contributed by atoms with van der Waals surface area (Å²) in [7, 11) is 0. The SMILES string of the molecule is CC(NC(=O)N1C(=O)C(Cc2ccnc(N)c2)C1C(=O)O)c1cccnc1. The number of imide groups is 1. The number of rotatable bonds is 5. The molecule has 1 saturated heterocycles. The second kappa shape index (κ2) is 7.40. The minimum absolute atomic E-state index is 0.171. The number of nitrogens with zero attached hydrogens (tertiary/aromatic N) is 3. The third kappa shape index (κ3) is 3.71. The molecule has 2 aromatic heterocycles. The zero-order valence-electron chi connectivity index (χ0n) is 14.6. The number of nitrogen functional groups attached to an aromatic ring is 1. The van der Waals surface area contributed by atoms with Crippen molar-refractivity contribution in [2.45, 2.75) is 25.4 Å². The number of urea groups is 1. The number of nitrogens with two attached hydrogens (primary N) is 1. The van der Waals surface area contributed by atoms with Crippen LogP contribution in [0.5, 0.6) is 0 Å². The first-order valence-corrected chi connectivity index (χ1v) is 8.35. The second-order valence-electron chi connectivity index (χ2n) is 6.35. The summed E-state index contributed by atoms with van der Waals surface area (Å²) < 4.78 is 0. The molecule has 3 atom stereocenters. The first-order chi connectivity index (χ1) is 12.9. The molecule has 0 bridgehead atoms. The van der Waals surface area contributed by atoms with Crippen molar-refractivity contribution in [2.75, 3.05) is 5.73 Å². The molecule has 27 heavy (non-hydrogen) atoms. The van der Waals surface area contributed by atoms with Gasteiger partial charge in [-0.2, -0.15) is 0 Å². The molecule has 2 aromatic rings. The minimum atomic E-state index is -1.23. The Balaban J connectivity index is 1.71. The number of carbonyl (C=O) groups is 3. The summed E-state index contributed by atoms with van der Waals surface area (Å²) in [6.45, 7) is 1.73. The van der Waals surface area contributed by atoms with Crippen molar-refractivity contribution in [2.24, 2.45) is 5.92 Å². The van der Waals surface area contributed by atoms with Crippen molar-refractivity contribution in [3.63, 3.8) is 0 Å². The highest BCUT2D eigenvalue weighted by Gasteiger charge is 2.54. The molecule has 9 nitrogen and oxygen atoms in total. The van der Waals surface area contributed by atoms with Gasteiger partial charge in [-0.15, -0.1) is 0 Å². The number of carbonyl (C=O) groups excluding carboxylic acids is 2. The first kappa shape index (κ1) is 18.3. The molecule has 0 saturated carbocycles. The van der Waals surface area contributed by atoms with Crippen LogP contribution < -0.4 is 11.1 Å². The molecular weight excluding hydrogens is 350 g/mol. The largest absolute Gasteiger partial charge is 0.480 e. The predicted octanol–water partition coefficient (Wildman–Crippen LogP) is 0.984. The highest BCUT2D eigenvalue weighted by Crippen LogP contribution is 2.31. The molecule has 0 radical (unpaired) electrons. The first-order valence-electron chi connectivity index (χ1n) is 8.35. The highest BCUT2D eigenvalue weighted by atomic mass is 16.4. The zero-order chi connectivity index (χ0) is 19.6. The van der Waals surface area contributed by atoms with E-state index in [-0.39, 0.29) is 12.2 Å². The van der Waals surface area contributed by atoms with Crippen molar-refractivity contribution in [1.29, 1.82) is 0 Å². The Kier molecular flexibility index (Phi) is 5.02. The van der Waals surface area contributed by atoms with Crippen LogP contribution in [0, 0.1) is 5.92 Å². The van der Waals surface area contributed by atoms with Crippen LogP contribution in [-0.2, 0) is 16.0 Å². The maximum atomic E-state index is 12.5. The summed E-state index contributed by atoms with van der Waals surface area (Å²) in [5.41, 5.74) is 7.05. The van der Waals surface area contributed by atoms with Gasteiger partial charge in [-0.1, -0.05) is 6.07 Å². The fourth-order valence-electron chi connectivity index (χ4n) is 3.10. The Hall–Kier alpha value is -3.49. The molecule has 4 N–H and O–H groups in total. The van der Waals surface area contributed by atoms with Crippen LogP contribution in [0.2, 0.25) is 0 Å². The molecule has 1 aliphatic heterocycles. The monoisotopic (exact) mass is 369 g/mol. The minimum Gasteiger partial charge on any atom is -0.480 e. The number of hydrogen-bond acceptors (Lipinski definition) is 6. The van der Waals surface area contributed by atoms with Crippen LogP contribution in [0.25, 0.3) is 0 Å². The number of anilines is 1. The third-order valence-corrected chi connectivity index (χ3v) is 4.51. The fourth-order valence-corrected chi connectivity index (χ4v) is 3.10. The number of likely N-dealkylation sites (tertiary alicyclic amines) is 1. The van der Waals surface area contributed by atoms with Crippen LogP contribution in [0.15, 0.2) is 42.9 Å². The summed E-state index contributed by atoms with van der Waals surface area (Å²) in [5, 5.41) is 12.1. The number of carboxylic acids is 1. The molecule has 1 fully saturated rings. The summed E-state index contributed by atoms with van der Waals surface area (Å²) >= 11 is 0. The van der Waals surface area contributed by atoms with Crippen molar-refractivity contribution < 1.29 is 19.5 Å². The average molecular weight is 369 g/mol. The normalized spacial score (nSPS) is 19.9. The number of pyridine rings is 2. The number of carboxylic acid groups (broad SMARTS) is 1. The lowest BCUT2D eigenvalue weighted by atomic mass is 9.82. The summed E-state index contributed by atoms with van der Waals surface area (Å²) in [5.74, 6) is -2.31. The molecule has 3 unspecified atom stereocenters. The van der Waals surface area contributed by atoms with Crippen LogP contribution in [-0.4, -0.2) is 43.9 Å². The predicted molar refractivity (Wildman–Crippen MR) is 95.3 cm³/mol. The van der Waals surface area contributed by atoms with Crippen molar-refractivity contribution >= 4 is 23.7 Å². The van der Waals surface area contributed by atoms with Gasteiger partial charge >= 0.3 is 12.0 Å². The van der Waals surface area contributed by atoms with E-state index >= 15 is 0 Å². The number of β-lactam (4-membered cyclic amide) rings is 1. The van der Waals surface area contributed by atoms with Gasteiger partial charge in [0.05, 0.1) is 12.0 Å². The second-order valence-corrected chi connectivity index (χ2v) is 6.35. The number of hydrogen-bond donors (Lipinski definition) is 3. The van der Waals surface area contributed by atoms with Gasteiger partial charge in [-0.25, -0.2) is 19.5 Å². The molecule has 3 amide bonds. The molecule has 1 aliphatic rings. The number of aromatic nitrogens is 2. The highest BCUT2D eigenvalue weighted by molar-refractivity contribution is 6.07. The zero-order valence-corrected chi connectivity index (χ0v) is 14.6. The lowest BCUT2D eigenvalue weighted by Crippen LogP contribution is -2.68. The topological polar surface area (TPSA) is 139 Å². The van der Waals surface area contributed by atoms with E-state index in [2.05, 4.69) is 15.3 Å². The fraction of sp³-hybridized carbons (Fsp3) is 0.278. The van der Waals surface area contributed by atoms with Crippen molar-refractivity contribution in [3.8, 4) is 0 Å². The smallest absolute Gasteiger partial charge is 0.327 e. The summed E-state index contributed by atoms with van der Waals surface area (Å²) in [6.07, 6.45) is 4.86. The maximum Gasteiger partial charge on any atom is 0.327 e. The lowest BCUT2D eigenvalue weighted by Gasteiger charge is -2.43. The molecular formula is C18H19N5O4. The van der Waals surface area contributed by atoms with E-state index in [4.69, 9.17) is 5.73 Å². The Labute approximate surface area is 155 Å². The van der Waals surface area contributed by atoms with Gasteiger partial charge in [0.15, 0.2) is 6.04 Å². The molecule has 3 heterocycles. The van der Waals surface area contributed by atoms with E-state index in [1.807, 2.05) is 0 Å². The van der Waals surface area contributed by atoms with E-state index in [9.17, 15) is 19.5 Å². The molecule has 0 aromatic carbocycles. The van der Waals surface area contributed by atoms with Gasteiger partial charge in [0.1, 0.15) is 5.82 Å². The Morgan fingerprint density at radius 1 is 1.37 bits per heavy atom. The third-order valence-electron chi connectivity index (χ3n) is 4.51. The number of nitrogens with one attached hydrogen (secondary N) is 1. The lowest BCUT2D eigenvalue weighted by molar-refractivity contribution is -0.165. The standard InChI is InChI=1S/C18H19N5O4/c1-10(12-3-2-5-20-9-12)22-18(27)23-15(17(25)26)13(16(23)24)7-11-4-6-21-14(19)8-11/h2-6,8-10,13,15H,7H2,1H3,(H2,19,21)(H,22,27)(H,25,26). The Bertz CT molecular complexity index is 873. The van der Waals surface area contributed by atoms with E-state index in [0.29, 0.717) is 5.56 Å². The molecule has 9 heteroatoms. The molecule has 0 aliphatic carbocycles. The van der Waals surface area contributed by atoms with Crippen LogP contribution in [0.1, 0.15) is 24.1 Å². The Morgan fingerprint density at radius 3 is 2.78 bits per heavy atom. The van der Waals surface area contributed by atoms with Crippen molar-refractivity contribution in [3.05, 3.63) is 54.0 Å². The Morgan fingerprint density at radius 2 is 2.15 bits per heavy atom. The van der Waals surface area contributed by atoms with Crippen LogP contribution in [0.3, 0.4) is 0 Å². The average Bonchev–Trinajstić information content (AvgIpc) is 2.64. The van der Waals surface area contributed by atoms with Gasteiger partial charge in [-0.3, -0.25) is 9.78 Å². The van der Waals surface area contributed by atoms with Gasteiger partial charge < -0.3 is 16.2 Å². The van der Waals surface area contributed by atoms with Gasteiger partial charge in [-0.05, 0) is 42.7 Å². The van der Waals surface area contributed by atoms with Crippen LogP contribution >= 0.6 is 0 Å². The van der Waals surface area contributed by atoms with Gasteiger partial charge in [0, 0.05) is 18.6 Å². The van der Waals surface area contributed by atoms with E-state index in [0.717, 1.165) is 10.5 Å². The van der Waals surface area contributed by atoms with E-state index in [1.54, 1.807) is 43.6 Å². The van der Waals surface area contributed by atoms with Gasteiger partial charge in [0.2, 0.25) is 5.91 Å². The van der Waals surface area contributed by atoms with Gasteiger partial charge in [0.25, 0.3) is 0 Å². The summed E-state index contributed by atoms with van der Waals surface area (Å²) in [4.78, 5) is 45.2. The molecule has 140 valence electrons. The maximum absolute atomic E-state index is 12.5. The number of aliphatic carboxylic acids is 1. The van der Waals surface area contributed by atoms with Crippen molar-refractivity contribution in [1.82, 2.24) is 20.2 Å². The van der Waals surface area contributed by atoms with E-state index < -0.39 is 35.9 Å². The molecule has 3 rings (SSSR count).